The maximum Gasteiger partial charge on any atom is 0.250 e. The van der Waals surface area contributed by atoms with Gasteiger partial charge in [-0.1, -0.05) is 0 Å². The van der Waals surface area contributed by atoms with Gasteiger partial charge < -0.3 is 21.7 Å². The molecule has 1 aromatic heterocycles. The van der Waals surface area contributed by atoms with Crippen LogP contribution in [0, 0.1) is 5.92 Å². The molecule has 0 radical (unpaired) electrons. The highest BCUT2D eigenvalue weighted by atomic mass is 16.2. The molecule has 21 heavy (non-hydrogen) atoms. The molecule has 0 saturated carbocycles. The molecule has 2 amide bonds. The smallest absolute Gasteiger partial charge is 0.250 e. The van der Waals surface area contributed by atoms with Crippen molar-refractivity contribution in [1.82, 2.24) is 10.3 Å². The number of nitrogens with zero attached hydrogens (tertiary/aromatic N) is 2. The summed E-state index contributed by atoms with van der Waals surface area (Å²) in [5.41, 5.74) is 11.6. The lowest BCUT2D eigenvalue weighted by Gasteiger charge is -2.42. The number of anilines is 2. The monoisotopic (exact) mass is 289 g/mol. The highest BCUT2D eigenvalue weighted by molar-refractivity contribution is 5.98. The van der Waals surface area contributed by atoms with Crippen LogP contribution < -0.4 is 21.7 Å². The maximum atomic E-state index is 11.4. The van der Waals surface area contributed by atoms with Crippen LogP contribution in [-0.2, 0) is 4.79 Å². The fourth-order valence-electron chi connectivity index (χ4n) is 3.16. The van der Waals surface area contributed by atoms with Crippen LogP contribution in [0.25, 0.3) is 0 Å². The van der Waals surface area contributed by atoms with E-state index in [1.54, 1.807) is 6.07 Å². The van der Waals surface area contributed by atoms with Crippen molar-refractivity contribution in [2.24, 2.45) is 11.7 Å². The van der Waals surface area contributed by atoms with Gasteiger partial charge in [-0.2, -0.15) is 0 Å². The number of primary amides is 1. The molecule has 2 aliphatic heterocycles. The number of hydrogen-bond donors (Lipinski definition) is 3. The van der Waals surface area contributed by atoms with Crippen LogP contribution >= 0.6 is 0 Å². The summed E-state index contributed by atoms with van der Waals surface area (Å²) in [6.45, 7) is 1.61. The second-order valence-corrected chi connectivity index (χ2v) is 5.70. The Morgan fingerprint density at radius 2 is 2.24 bits per heavy atom. The van der Waals surface area contributed by atoms with Gasteiger partial charge in [-0.3, -0.25) is 9.59 Å². The third kappa shape index (κ3) is 2.63. The number of amides is 2. The third-order valence-electron chi connectivity index (χ3n) is 4.33. The van der Waals surface area contributed by atoms with E-state index in [9.17, 15) is 9.59 Å². The van der Waals surface area contributed by atoms with Crippen molar-refractivity contribution in [1.29, 1.82) is 0 Å². The van der Waals surface area contributed by atoms with E-state index in [4.69, 9.17) is 11.5 Å². The number of carbonyl (C=O) groups is 2. The molecule has 2 saturated heterocycles. The van der Waals surface area contributed by atoms with Gasteiger partial charge in [0.15, 0.2) is 0 Å². The summed E-state index contributed by atoms with van der Waals surface area (Å²) in [7, 11) is 0. The summed E-state index contributed by atoms with van der Waals surface area (Å²) >= 11 is 0. The van der Waals surface area contributed by atoms with Crippen molar-refractivity contribution in [3.05, 3.63) is 17.8 Å². The van der Waals surface area contributed by atoms with Gasteiger partial charge >= 0.3 is 0 Å². The highest BCUT2D eigenvalue weighted by Gasteiger charge is 2.34. The SMILES string of the molecule is NC(=O)c1cc(N2CCC3NC(=O)CCC3C2)ncc1N. The molecule has 2 fully saturated rings. The average molecular weight is 289 g/mol. The van der Waals surface area contributed by atoms with Crippen LogP contribution in [0.15, 0.2) is 12.3 Å². The summed E-state index contributed by atoms with van der Waals surface area (Å²) in [6.07, 6.45) is 3.83. The van der Waals surface area contributed by atoms with E-state index in [0.717, 1.165) is 25.9 Å². The summed E-state index contributed by atoms with van der Waals surface area (Å²) in [5.74, 6) is 0.739. The Balaban J connectivity index is 1.78. The molecule has 3 rings (SSSR count). The molecular formula is C14H19N5O2. The summed E-state index contributed by atoms with van der Waals surface area (Å²) in [4.78, 5) is 29.2. The van der Waals surface area contributed by atoms with Crippen molar-refractivity contribution in [2.45, 2.75) is 25.3 Å². The zero-order valence-corrected chi connectivity index (χ0v) is 11.7. The molecule has 0 spiro atoms. The van der Waals surface area contributed by atoms with Crippen LogP contribution in [0.4, 0.5) is 11.5 Å². The molecule has 5 N–H and O–H groups in total. The second-order valence-electron chi connectivity index (χ2n) is 5.70. The Hall–Kier alpha value is -2.31. The van der Waals surface area contributed by atoms with Gasteiger partial charge in [-0.25, -0.2) is 4.98 Å². The van der Waals surface area contributed by atoms with Crippen LogP contribution in [0.1, 0.15) is 29.6 Å². The standard InChI is InChI=1S/C14H19N5O2/c15-10-6-17-12(5-9(10)14(16)21)19-4-3-11-8(7-19)1-2-13(20)18-11/h5-6,8,11H,1-4,7,15H2,(H2,16,21)(H,18,20). The lowest BCUT2D eigenvalue weighted by Crippen LogP contribution is -2.54. The largest absolute Gasteiger partial charge is 0.397 e. The second kappa shape index (κ2) is 5.23. The molecule has 0 aliphatic carbocycles. The Bertz CT molecular complexity index is 589. The molecule has 0 bridgehead atoms. The minimum atomic E-state index is -0.545. The minimum Gasteiger partial charge on any atom is -0.397 e. The topological polar surface area (TPSA) is 114 Å². The van der Waals surface area contributed by atoms with Crippen molar-refractivity contribution in [3.8, 4) is 0 Å². The molecular weight excluding hydrogens is 270 g/mol. The molecule has 112 valence electrons. The fraction of sp³-hybridized carbons (Fsp3) is 0.500. The van der Waals surface area contributed by atoms with E-state index in [2.05, 4.69) is 15.2 Å². The predicted octanol–water partition coefficient (Wildman–Crippen LogP) is -0.132. The number of carbonyl (C=O) groups excluding carboxylic acids is 2. The third-order valence-corrected chi connectivity index (χ3v) is 4.33. The normalized spacial score (nSPS) is 25.1. The van der Waals surface area contributed by atoms with Crippen LogP contribution in [-0.4, -0.2) is 35.9 Å². The van der Waals surface area contributed by atoms with E-state index >= 15 is 0 Å². The number of aromatic nitrogens is 1. The summed E-state index contributed by atoms with van der Waals surface area (Å²) in [5, 5.41) is 3.05. The van der Waals surface area contributed by atoms with Crippen molar-refractivity contribution < 1.29 is 9.59 Å². The first-order chi connectivity index (χ1) is 10.0. The minimum absolute atomic E-state index is 0.145. The molecule has 2 aliphatic rings. The van der Waals surface area contributed by atoms with Crippen LogP contribution in [0.3, 0.4) is 0 Å². The molecule has 7 heteroatoms. The number of nitrogens with two attached hydrogens (primary N) is 2. The van der Waals surface area contributed by atoms with E-state index in [0.29, 0.717) is 29.4 Å². The van der Waals surface area contributed by atoms with Gasteiger partial charge in [0.1, 0.15) is 5.82 Å². The van der Waals surface area contributed by atoms with Crippen molar-refractivity contribution >= 4 is 23.3 Å². The molecule has 2 unspecified atom stereocenters. The quantitative estimate of drug-likeness (QED) is 0.701. The average Bonchev–Trinajstić information content (AvgIpc) is 2.47. The van der Waals surface area contributed by atoms with Crippen molar-refractivity contribution in [2.75, 3.05) is 23.7 Å². The fourth-order valence-corrected chi connectivity index (χ4v) is 3.16. The first-order valence-corrected chi connectivity index (χ1v) is 7.14. The van der Waals surface area contributed by atoms with Crippen LogP contribution in [0.2, 0.25) is 0 Å². The summed E-state index contributed by atoms with van der Waals surface area (Å²) in [6, 6.07) is 1.91. The molecule has 3 heterocycles. The van der Waals surface area contributed by atoms with Crippen molar-refractivity contribution in [3.63, 3.8) is 0 Å². The first-order valence-electron chi connectivity index (χ1n) is 7.14. The highest BCUT2D eigenvalue weighted by Crippen LogP contribution is 2.28. The Morgan fingerprint density at radius 3 is 3.00 bits per heavy atom. The van der Waals surface area contributed by atoms with Gasteiger partial charge in [0.25, 0.3) is 5.91 Å². The Labute approximate surface area is 122 Å². The van der Waals surface area contributed by atoms with E-state index in [1.165, 1.54) is 6.20 Å². The molecule has 2 atom stereocenters. The van der Waals surface area contributed by atoms with Gasteiger partial charge in [-0.05, 0) is 24.8 Å². The number of fused-ring (bicyclic) bond motifs is 1. The Morgan fingerprint density at radius 1 is 1.43 bits per heavy atom. The lowest BCUT2D eigenvalue weighted by atomic mass is 9.85. The van der Waals surface area contributed by atoms with Gasteiger partial charge in [0.2, 0.25) is 5.91 Å². The molecule has 1 aromatic rings. The molecule has 0 aromatic carbocycles. The predicted molar refractivity (Wildman–Crippen MR) is 78.7 cm³/mol. The number of pyridine rings is 1. The number of piperidine rings is 2. The molecule has 7 nitrogen and oxygen atoms in total. The zero-order chi connectivity index (χ0) is 15.0. The van der Waals surface area contributed by atoms with Crippen LogP contribution in [0.5, 0.6) is 0 Å². The summed E-state index contributed by atoms with van der Waals surface area (Å²) < 4.78 is 0. The number of rotatable bonds is 2. The Kier molecular flexibility index (Phi) is 3.40. The number of hydrogen-bond acceptors (Lipinski definition) is 5. The lowest BCUT2D eigenvalue weighted by molar-refractivity contribution is -0.124. The van der Waals surface area contributed by atoms with Gasteiger partial charge in [-0.15, -0.1) is 0 Å². The van der Waals surface area contributed by atoms with E-state index < -0.39 is 5.91 Å². The van der Waals surface area contributed by atoms with Gasteiger partial charge in [0, 0.05) is 25.6 Å². The van der Waals surface area contributed by atoms with E-state index in [1.807, 2.05) is 0 Å². The van der Waals surface area contributed by atoms with E-state index in [-0.39, 0.29) is 11.9 Å². The maximum absolute atomic E-state index is 11.4. The zero-order valence-electron chi connectivity index (χ0n) is 11.7. The van der Waals surface area contributed by atoms with Gasteiger partial charge in [0.05, 0.1) is 17.4 Å². The number of nitrogen functional groups attached to an aromatic ring is 1. The first kappa shape index (κ1) is 13.7. The number of nitrogens with one attached hydrogen (secondary N) is 1.